The zero-order valence-electron chi connectivity index (χ0n) is 6.28. The first-order chi connectivity index (χ1) is 5.79. The molecule has 0 amide bonds. The van der Waals surface area contributed by atoms with E-state index in [4.69, 9.17) is 0 Å². The molecule has 0 aromatic heterocycles. The average Bonchev–Trinajstić information content (AvgIpc) is 2.35. The highest BCUT2D eigenvalue weighted by molar-refractivity contribution is 9.27. The number of rotatable bonds is 0. The van der Waals surface area contributed by atoms with Crippen LogP contribution in [0.2, 0.25) is 0 Å². The van der Waals surface area contributed by atoms with Gasteiger partial charge in [-0.1, -0.05) is 95.6 Å². The van der Waals surface area contributed by atoms with Crippen LogP contribution in [-0.2, 0) is 0 Å². The Morgan fingerprint density at radius 1 is 0.769 bits per heavy atom. The summed E-state index contributed by atoms with van der Waals surface area (Å²) >= 11 is 22.5. The second-order valence-corrected chi connectivity index (χ2v) is 13.0. The molecule has 0 N–H and O–H groups in total. The van der Waals surface area contributed by atoms with E-state index in [9.17, 15) is 0 Å². The largest absolute Gasteiger partial charge is 0.0972 e. The Kier molecular flexibility index (Phi) is 3.50. The van der Waals surface area contributed by atoms with E-state index in [0.717, 1.165) is 0 Å². The fourth-order valence-corrected chi connectivity index (χ4v) is 8.61. The van der Waals surface area contributed by atoms with Gasteiger partial charge >= 0.3 is 0 Å². The fraction of sp³-hybridized carbons (Fsp3) is 1.00. The lowest BCUT2D eigenvalue weighted by atomic mass is 10.00. The molecule has 2 aliphatic rings. The van der Waals surface area contributed by atoms with Gasteiger partial charge in [-0.3, -0.25) is 0 Å². The first kappa shape index (κ1) is 12.3. The van der Waals surface area contributed by atoms with Crippen LogP contribution in [0.4, 0.5) is 0 Å². The molecule has 2 fully saturated rings. The predicted octanol–water partition coefficient (Wildman–Crippen LogP) is 5.14. The average molecular weight is 570 g/mol. The minimum Gasteiger partial charge on any atom is -0.0862 e. The molecule has 2 aliphatic carbocycles. The summed E-state index contributed by atoms with van der Waals surface area (Å²) in [6.07, 6.45) is 1.21. The van der Waals surface area contributed by atoms with Crippen molar-refractivity contribution in [3.63, 3.8) is 0 Å². The van der Waals surface area contributed by atoms with Gasteiger partial charge in [0, 0.05) is 21.5 Å². The van der Waals surface area contributed by atoms with E-state index in [1.54, 1.807) is 0 Å². The molecule has 0 saturated heterocycles. The molecule has 13 heavy (non-hydrogen) atoms. The van der Waals surface area contributed by atoms with E-state index in [0.29, 0.717) is 21.5 Å². The Morgan fingerprint density at radius 2 is 1.08 bits per heavy atom. The topological polar surface area (TPSA) is 0 Å². The van der Waals surface area contributed by atoms with Crippen LogP contribution in [0, 0.1) is 11.8 Å². The second-order valence-electron chi connectivity index (χ2n) is 3.60. The van der Waals surface area contributed by atoms with Gasteiger partial charge in [0.2, 0.25) is 0 Å². The quantitative estimate of drug-likeness (QED) is 0.355. The maximum Gasteiger partial charge on any atom is 0.0972 e. The molecule has 0 spiro atoms. The maximum atomic E-state index is 3.76. The smallest absolute Gasteiger partial charge is 0.0862 e. The lowest BCUT2D eigenvalue weighted by molar-refractivity contribution is 0.512. The van der Waals surface area contributed by atoms with Gasteiger partial charge in [0.1, 0.15) is 0 Å². The molecule has 0 radical (unpaired) electrons. The van der Waals surface area contributed by atoms with E-state index in [-0.39, 0.29) is 6.47 Å². The number of fused-ring (bicyclic) bond motifs is 2. The Labute approximate surface area is 128 Å². The van der Waals surface area contributed by atoms with Gasteiger partial charge < -0.3 is 0 Å². The van der Waals surface area contributed by atoms with Gasteiger partial charge in [0.25, 0.3) is 0 Å². The molecule has 6 heteroatoms. The van der Waals surface area contributed by atoms with Crippen LogP contribution in [0.5, 0.6) is 0 Å². The molecule has 4 atom stereocenters. The third-order valence-corrected chi connectivity index (χ3v) is 12.4. The molecule has 2 saturated carbocycles. The summed E-state index contributed by atoms with van der Waals surface area (Å²) in [5, 5.41) is 0. The van der Waals surface area contributed by atoms with Crippen molar-refractivity contribution >= 4 is 95.6 Å². The maximum absolute atomic E-state index is 3.76. The van der Waals surface area contributed by atoms with Crippen molar-refractivity contribution in [3.8, 4) is 0 Å². The SMILES string of the molecule is Br[C@@H]1[C@@H]2C[C@@H]([C@@H](Br)C2(Br)Br)C1(Br)Br. The van der Waals surface area contributed by atoms with Crippen LogP contribution < -0.4 is 0 Å². The number of hydrogen-bond donors (Lipinski definition) is 0. The van der Waals surface area contributed by atoms with Crippen molar-refractivity contribution in [2.24, 2.45) is 11.8 Å². The number of alkyl halides is 6. The monoisotopic (exact) mass is 564 g/mol. The highest BCUT2D eigenvalue weighted by Gasteiger charge is 2.68. The van der Waals surface area contributed by atoms with E-state index in [1.165, 1.54) is 6.42 Å². The van der Waals surface area contributed by atoms with Crippen molar-refractivity contribution in [1.82, 2.24) is 0 Å². The summed E-state index contributed by atoms with van der Waals surface area (Å²) in [7, 11) is 0. The fourth-order valence-electron chi connectivity index (χ4n) is 2.16. The highest BCUT2D eigenvalue weighted by Crippen LogP contribution is 2.69. The molecule has 2 bridgehead atoms. The molecular formula is C7H6Br6. The van der Waals surface area contributed by atoms with Gasteiger partial charge in [0.05, 0.1) is 6.47 Å². The lowest BCUT2D eigenvalue weighted by Gasteiger charge is -2.41. The first-order valence-electron chi connectivity index (χ1n) is 3.83. The summed E-state index contributed by atoms with van der Waals surface area (Å²) in [6.45, 7) is 0. The molecule has 76 valence electrons. The van der Waals surface area contributed by atoms with E-state index < -0.39 is 0 Å². The van der Waals surface area contributed by atoms with E-state index >= 15 is 0 Å². The predicted molar refractivity (Wildman–Crippen MR) is 78.2 cm³/mol. The van der Waals surface area contributed by atoms with Gasteiger partial charge in [-0.15, -0.1) is 0 Å². The molecule has 0 aromatic rings. The van der Waals surface area contributed by atoms with Crippen LogP contribution in [0.1, 0.15) is 6.42 Å². The Morgan fingerprint density at radius 3 is 1.31 bits per heavy atom. The Hall–Kier alpha value is 2.88. The summed E-state index contributed by atoms with van der Waals surface area (Å²) in [5.74, 6) is 1.17. The van der Waals surface area contributed by atoms with Crippen LogP contribution in [0.15, 0.2) is 0 Å². The van der Waals surface area contributed by atoms with Crippen molar-refractivity contribution in [2.75, 3.05) is 0 Å². The summed E-state index contributed by atoms with van der Waals surface area (Å²) < 4.78 is 0.0632. The van der Waals surface area contributed by atoms with Crippen LogP contribution in [0.3, 0.4) is 0 Å². The van der Waals surface area contributed by atoms with Crippen LogP contribution in [0.25, 0.3) is 0 Å². The zero-order valence-corrected chi connectivity index (χ0v) is 15.8. The Bertz CT molecular complexity index is 213. The van der Waals surface area contributed by atoms with Gasteiger partial charge in [-0.2, -0.15) is 0 Å². The minimum atomic E-state index is 0.0316. The van der Waals surface area contributed by atoms with Crippen molar-refractivity contribution in [2.45, 2.75) is 22.5 Å². The van der Waals surface area contributed by atoms with E-state index in [1.807, 2.05) is 0 Å². The van der Waals surface area contributed by atoms with E-state index in [2.05, 4.69) is 95.6 Å². The molecule has 0 nitrogen and oxygen atoms in total. The summed E-state index contributed by atoms with van der Waals surface area (Å²) in [5.41, 5.74) is 0. The minimum absolute atomic E-state index is 0.0316. The van der Waals surface area contributed by atoms with Gasteiger partial charge in [0.15, 0.2) is 0 Å². The molecule has 2 rings (SSSR count). The molecule has 0 unspecified atom stereocenters. The van der Waals surface area contributed by atoms with Crippen LogP contribution in [-0.4, -0.2) is 16.1 Å². The number of halogens is 6. The highest BCUT2D eigenvalue weighted by atomic mass is 79.9. The number of hydrogen-bond acceptors (Lipinski definition) is 0. The molecule has 0 aliphatic heterocycles. The van der Waals surface area contributed by atoms with Crippen molar-refractivity contribution in [1.29, 1.82) is 0 Å². The van der Waals surface area contributed by atoms with Gasteiger partial charge in [-0.05, 0) is 6.42 Å². The zero-order chi connectivity index (χ0) is 10.0. The Balaban J connectivity index is 2.37. The van der Waals surface area contributed by atoms with Crippen molar-refractivity contribution < 1.29 is 0 Å². The molecular weight excluding hydrogens is 564 g/mol. The summed E-state index contributed by atoms with van der Waals surface area (Å²) in [6, 6.07) is 0. The van der Waals surface area contributed by atoms with Crippen molar-refractivity contribution in [3.05, 3.63) is 0 Å². The first-order valence-corrected chi connectivity index (χ1v) is 8.83. The third kappa shape index (κ3) is 1.63. The van der Waals surface area contributed by atoms with Crippen LogP contribution >= 0.6 is 95.6 Å². The normalized spacial score (nSPS) is 51.2. The second kappa shape index (κ2) is 3.69. The molecule has 0 heterocycles. The third-order valence-electron chi connectivity index (χ3n) is 2.94. The summed E-state index contributed by atoms with van der Waals surface area (Å²) in [4.78, 5) is 0.884. The lowest BCUT2D eigenvalue weighted by Crippen LogP contribution is -2.47. The van der Waals surface area contributed by atoms with Gasteiger partial charge in [-0.25, -0.2) is 0 Å². The standard InChI is InChI=1S/C7H6Br6/c8-4-2-1-3(7(4,12)13)5(9)6(2,10)11/h2-5H,1H2/t2-,3-,4+,5+/m0/s1. The molecule has 0 aromatic carbocycles.